The Bertz CT molecular complexity index is 303. The Morgan fingerprint density at radius 3 is 2.45 bits per heavy atom. The SMILES string of the molecule is CC1=C2CC(=CC1=O)C2(C)C. The van der Waals surface area contributed by atoms with E-state index in [4.69, 9.17) is 0 Å². The normalized spacial score (nSPS) is 26.5. The van der Waals surface area contributed by atoms with Crippen molar-refractivity contribution in [2.24, 2.45) is 5.41 Å². The molecule has 1 heteroatoms. The van der Waals surface area contributed by atoms with E-state index >= 15 is 0 Å². The summed E-state index contributed by atoms with van der Waals surface area (Å²) in [5, 5.41) is 0. The molecule has 1 saturated carbocycles. The Morgan fingerprint density at radius 1 is 1.45 bits per heavy atom. The van der Waals surface area contributed by atoms with Crippen LogP contribution in [0.25, 0.3) is 0 Å². The fourth-order valence-electron chi connectivity index (χ4n) is 1.97. The average Bonchev–Trinajstić information content (AvgIpc) is 1.93. The minimum atomic E-state index is 0.206. The minimum absolute atomic E-state index is 0.206. The largest absolute Gasteiger partial charge is 0.290 e. The van der Waals surface area contributed by atoms with Gasteiger partial charge in [-0.15, -0.1) is 0 Å². The summed E-state index contributed by atoms with van der Waals surface area (Å²) in [4.78, 5) is 11.2. The molecule has 0 N–H and O–H groups in total. The van der Waals surface area contributed by atoms with Crippen LogP contribution in [0.2, 0.25) is 0 Å². The molecule has 0 amide bonds. The summed E-state index contributed by atoms with van der Waals surface area (Å²) < 4.78 is 0. The first-order valence-corrected chi connectivity index (χ1v) is 3.99. The fraction of sp³-hybridized carbons (Fsp3) is 0.500. The summed E-state index contributed by atoms with van der Waals surface area (Å²) in [6.45, 7) is 6.31. The van der Waals surface area contributed by atoms with E-state index in [2.05, 4.69) is 13.8 Å². The van der Waals surface area contributed by atoms with Gasteiger partial charge in [-0.2, -0.15) is 0 Å². The highest BCUT2D eigenvalue weighted by molar-refractivity contribution is 6.07. The quantitative estimate of drug-likeness (QED) is 0.515. The summed E-state index contributed by atoms with van der Waals surface area (Å²) >= 11 is 0. The third-order valence-corrected chi connectivity index (χ3v) is 3.05. The number of allylic oxidation sites excluding steroid dienone is 4. The van der Waals surface area contributed by atoms with Crippen molar-refractivity contribution in [1.82, 2.24) is 0 Å². The van der Waals surface area contributed by atoms with Gasteiger partial charge in [-0.1, -0.05) is 19.4 Å². The van der Waals surface area contributed by atoms with Crippen molar-refractivity contribution < 1.29 is 4.79 Å². The van der Waals surface area contributed by atoms with E-state index in [9.17, 15) is 4.79 Å². The zero-order valence-electron chi connectivity index (χ0n) is 7.19. The molecule has 3 aliphatic carbocycles. The molecule has 1 fully saturated rings. The van der Waals surface area contributed by atoms with E-state index in [0.717, 1.165) is 12.0 Å². The predicted molar refractivity (Wildman–Crippen MR) is 44.2 cm³/mol. The van der Waals surface area contributed by atoms with Crippen molar-refractivity contribution in [3.05, 3.63) is 22.8 Å². The molecule has 1 nitrogen and oxygen atoms in total. The molecule has 0 aromatic carbocycles. The Morgan fingerprint density at radius 2 is 2.09 bits per heavy atom. The molecule has 0 spiro atoms. The Labute approximate surface area is 66.8 Å². The lowest BCUT2D eigenvalue weighted by Crippen LogP contribution is -2.35. The van der Waals surface area contributed by atoms with Gasteiger partial charge < -0.3 is 0 Å². The number of fused-ring (bicyclic) bond motifs is 2. The van der Waals surface area contributed by atoms with Gasteiger partial charge in [0, 0.05) is 5.41 Å². The molecule has 0 unspecified atom stereocenters. The first-order chi connectivity index (χ1) is 5.03. The molecule has 0 atom stereocenters. The standard InChI is InChI=1S/C10H12O/c1-6-8-4-7(5-9(6)11)10(8,2)3/h5H,4H2,1-3H3. The number of ketones is 1. The maximum absolute atomic E-state index is 11.2. The monoisotopic (exact) mass is 148 g/mol. The smallest absolute Gasteiger partial charge is 0.181 e. The molecule has 3 aliphatic rings. The van der Waals surface area contributed by atoms with Crippen LogP contribution in [-0.4, -0.2) is 5.78 Å². The average molecular weight is 148 g/mol. The number of carbonyl (C=O) groups excluding carboxylic acids is 1. The molecule has 0 aromatic rings. The molecule has 0 aromatic heterocycles. The summed E-state index contributed by atoms with van der Waals surface area (Å²) in [6.07, 6.45) is 2.85. The highest BCUT2D eigenvalue weighted by Gasteiger charge is 2.43. The van der Waals surface area contributed by atoms with Crippen molar-refractivity contribution in [1.29, 1.82) is 0 Å². The summed E-state index contributed by atoms with van der Waals surface area (Å²) in [6, 6.07) is 0. The maximum atomic E-state index is 11.2. The number of hydrogen-bond donors (Lipinski definition) is 0. The molecule has 0 radical (unpaired) electrons. The topological polar surface area (TPSA) is 17.1 Å². The van der Waals surface area contributed by atoms with E-state index in [1.807, 2.05) is 13.0 Å². The minimum Gasteiger partial charge on any atom is -0.290 e. The van der Waals surface area contributed by atoms with Gasteiger partial charge in [0.15, 0.2) is 5.78 Å². The highest BCUT2D eigenvalue weighted by Crippen LogP contribution is 2.54. The molecule has 0 saturated heterocycles. The first kappa shape index (κ1) is 6.84. The lowest BCUT2D eigenvalue weighted by Gasteiger charge is -2.45. The molecule has 11 heavy (non-hydrogen) atoms. The van der Waals surface area contributed by atoms with Crippen molar-refractivity contribution in [2.75, 3.05) is 0 Å². The molecule has 2 bridgehead atoms. The molecular weight excluding hydrogens is 136 g/mol. The van der Waals surface area contributed by atoms with Gasteiger partial charge in [-0.05, 0) is 30.6 Å². The van der Waals surface area contributed by atoms with Crippen LogP contribution in [0.1, 0.15) is 27.2 Å². The molecule has 0 heterocycles. The van der Waals surface area contributed by atoms with Crippen LogP contribution in [-0.2, 0) is 4.79 Å². The van der Waals surface area contributed by atoms with Crippen LogP contribution < -0.4 is 0 Å². The van der Waals surface area contributed by atoms with Gasteiger partial charge in [0.25, 0.3) is 0 Å². The van der Waals surface area contributed by atoms with Crippen LogP contribution in [0.15, 0.2) is 22.8 Å². The molecular formula is C10H12O. The highest BCUT2D eigenvalue weighted by atomic mass is 16.1. The Kier molecular flexibility index (Phi) is 1.03. The van der Waals surface area contributed by atoms with Crippen molar-refractivity contribution in [3.8, 4) is 0 Å². The fourth-order valence-corrected chi connectivity index (χ4v) is 1.97. The van der Waals surface area contributed by atoms with Crippen molar-refractivity contribution in [3.63, 3.8) is 0 Å². The van der Waals surface area contributed by atoms with Crippen molar-refractivity contribution in [2.45, 2.75) is 27.2 Å². The third kappa shape index (κ3) is 0.635. The molecule has 3 rings (SSSR count). The Hall–Kier alpha value is -0.850. The predicted octanol–water partition coefficient (Wildman–Crippen LogP) is 2.24. The second-order valence-corrected chi connectivity index (χ2v) is 3.94. The lowest BCUT2D eigenvalue weighted by atomic mass is 9.58. The van der Waals surface area contributed by atoms with Gasteiger partial charge in [0.05, 0.1) is 0 Å². The van der Waals surface area contributed by atoms with Gasteiger partial charge >= 0.3 is 0 Å². The van der Waals surface area contributed by atoms with Crippen LogP contribution in [0.5, 0.6) is 0 Å². The van der Waals surface area contributed by atoms with Gasteiger partial charge in [0.1, 0.15) is 0 Å². The second kappa shape index (κ2) is 1.66. The van der Waals surface area contributed by atoms with Crippen LogP contribution in [0.4, 0.5) is 0 Å². The summed E-state index contributed by atoms with van der Waals surface area (Å²) in [7, 11) is 0. The third-order valence-electron chi connectivity index (χ3n) is 3.05. The van der Waals surface area contributed by atoms with E-state index in [1.165, 1.54) is 11.1 Å². The van der Waals surface area contributed by atoms with Crippen molar-refractivity contribution >= 4 is 5.78 Å². The van der Waals surface area contributed by atoms with E-state index in [1.54, 1.807) is 0 Å². The number of rotatable bonds is 0. The van der Waals surface area contributed by atoms with Crippen LogP contribution in [0.3, 0.4) is 0 Å². The van der Waals surface area contributed by atoms with Gasteiger partial charge in [-0.25, -0.2) is 0 Å². The zero-order valence-corrected chi connectivity index (χ0v) is 7.19. The first-order valence-electron chi connectivity index (χ1n) is 3.99. The summed E-state index contributed by atoms with van der Waals surface area (Å²) in [5.41, 5.74) is 3.84. The molecule has 58 valence electrons. The lowest BCUT2D eigenvalue weighted by molar-refractivity contribution is -0.111. The number of hydrogen-bond acceptors (Lipinski definition) is 1. The van der Waals surface area contributed by atoms with Crippen LogP contribution >= 0.6 is 0 Å². The Balaban J connectivity index is 2.55. The van der Waals surface area contributed by atoms with E-state index in [-0.39, 0.29) is 11.2 Å². The van der Waals surface area contributed by atoms with E-state index < -0.39 is 0 Å². The maximum Gasteiger partial charge on any atom is 0.181 e. The second-order valence-electron chi connectivity index (χ2n) is 3.94. The zero-order chi connectivity index (χ0) is 8.22. The van der Waals surface area contributed by atoms with E-state index in [0.29, 0.717) is 0 Å². The molecule has 0 aliphatic heterocycles. The van der Waals surface area contributed by atoms with Gasteiger partial charge in [-0.3, -0.25) is 4.79 Å². The summed E-state index contributed by atoms with van der Waals surface area (Å²) in [5.74, 6) is 0.223. The van der Waals surface area contributed by atoms with Crippen LogP contribution in [0, 0.1) is 5.41 Å². The number of carbonyl (C=O) groups is 1. The van der Waals surface area contributed by atoms with Gasteiger partial charge in [0.2, 0.25) is 0 Å².